The van der Waals surface area contributed by atoms with Gasteiger partial charge in [-0.3, -0.25) is 0 Å². The Hall–Kier alpha value is -1.12. The van der Waals surface area contributed by atoms with Gasteiger partial charge in [0.15, 0.2) is 0 Å². The van der Waals surface area contributed by atoms with E-state index in [2.05, 4.69) is 23.1 Å². The predicted octanol–water partition coefficient (Wildman–Crippen LogP) is 2.28. The zero-order valence-corrected chi connectivity index (χ0v) is 9.52. The van der Waals surface area contributed by atoms with E-state index < -0.39 is 0 Å². The maximum Gasteiger partial charge on any atom is 0.0651 e. The van der Waals surface area contributed by atoms with Gasteiger partial charge in [-0.2, -0.15) is 0 Å². The molecule has 0 aliphatic carbocycles. The molecule has 0 amide bonds. The van der Waals surface area contributed by atoms with Crippen LogP contribution in [0.25, 0.3) is 6.08 Å². The Labute approximate surface area is 92.2 Å². The molecule has 0 bridgehead atoms. The standard InChI is InChI=1S/C13H19NO/c1-14(2)10-12-15-11-6-9-13-7-4-3-5-8-13/h3-9H,10-12H2,1-2H3. The van der Waals surface area contributed by atoms with E-state index in [0.29, 0.717) is 6.61 Å². The molecule has 0 fully saturated rings. The number of nitrogens with zero attached hydrogens (tertiary/aromatic N) is 1. The zero-order valence-electron chi connectivity index (χ0n) is 9.52. The van der Waals surface area contributed by atoms with Crippen molar-refractivity contribution in [2.45, 2.75) is 0 Å². The molecule has 1 aromatic rings. The molecule has 0 heterocycles. The summed E-state index contributed by atoms with van der Waals surface area (Å²) in [6, 6.07) is 10.2. The first-order valence-corrected chi connectivity index (χ1v) is 5.23. The third-order valence-electron chi connectivity index (χ3n) is 2.01. The third-order valence-corrected chi connectivity index (χ3v) is 2.01. The van der Waals surface area contributed by atoms with Crippen LogP contribution >= 0.6 is 0 Å². The van der Waals surface area contributed by atoms with Gasteiger partial charge < -0.3 is 9.64 Å². The van der Waals surface area contributed by atoms with Crippen molar-refractivity contribution in [1.29, 1.82) is 0 Å². The van der Waals surface area contributed by atoms with Crippen molar-refractivity contribution in [3.8, 4) is 0 Å². The van der Waals surface area contributed by atoms with Crippen LogP contribution in [0.2, 0.25) is 0 Å². The predicted molar refractivity (Wildman–Crippen MR) is 64.8 cm³/mol. The van der Waals surface area contributed by atoms with Crippen LogP contribution < -0.4 is 0 Å². The van der Waals surface area contributed by atoms with Crippen molar-refractivity contribution < 1.29 is 4.74 Å². The van der Waals surface area contributed by atoms with Crippen LogP contribution in [0.4, 0.5) is 0 Å². The molecule has 0 saturated carbocycles. The average Bonchev–Trinajstić information content (AvgIpc) is 2.24. The molecule has 0 aliphatic rings. The molecular formula is C13H19NO. The Bertz CT molecular complexity index is 280. The van der Waals surface area contributed by atoms with Gasteiger partial charge in [-0.15, -0.1) is 0 Å². The van der Waals surface area contributed by atoms with E-state index >= 15 is 0 Å². The minimum atomic E-state index is 0.683. The Kier molecular flexibility index (Phi) is 5.74. The highest BCUT2D eigenvalue weighted by atomic mass is 16.5. The molecule has 0 aromatic heterocycles. The molecule has 0 spiro atoms. The molecule has 82 valence electrons. The van der Waals surface area contributed by atoms with Gasteiger partial charge in [-0.05, 0) is 19.7 Å². The summed E-state index contributed by atoms with van der Waals surface area (Å²) in [6.07, 6.45) is 4.13. The molecule has 1 rings (SSSR count). The summed E-state index contributed by atoms with van der Waals surface area (Å²) in [5.41, 5.74) is 1.22. The second kappa shape index (κ2) is 7.21. The normalized spacial score (nSPS) is 11.4. The van der Waals surface area contributed by atoms with Gasteiger partial charge in [0, 0.05) is 6.54 Å². The largest absolute Gasteiger partial charge is 0.376 e. The van der Waals surface area contributed by atoms with Crippen molar-refractivity contribution in [2.24, 2.45) is 0 Å². The molecule has 0 atom stereocenters. The zero-order chi connectivity index (χ0) is 10.9. The highest BCUT2D eigenvalue weighted by Crippen LogP contribution is 2.00. The smallest absolute Gasteiger partial charge is 0.0651 e. The van der Waals surface area contributed by atoms with E-state index in [4.69, 9.17) is 4.74 Å². The number of benzene rings is 1. The Morgan fingerprint density at radius 1 is 1.20 bits per heavy atom. The fourth-order valence-electron chi connectivity index (χ4n) is 1.15. The lowest BCUT2D eigenvalue weighted by molar-refractivity contribution is 0.142. The Morgan fingerprint density at radius 2 is 1.93 bits per heavy atom. The van der Waals surface area contributed by atoms with Crippen molar-refractivity contribution in [2.75, 3.05) is 33.9 Å². The summed E-state index contributed by atoms with van der Waals surface area (Å²) in [5, 5.41) is 0. The van der Waals surface area contributed by atoms with E-state index in [1.165, 1.54) is 5.56 Å². The molecular weight excluding hydrogens is 186 g/mol. The summed E-state index contributed by atoms with van der Waals surface area (Å²) in [7, 11) is 4.09. The van der Waals surface area contributed by atoms with Crippen molar-refractivity contribution >= 4 is 6.08 Å². The molecule has 0 aliphatic heterocycles. The minimum absolute atomic E-state index is 0.683. The fourth-order valence-corrected chi connectivity index (χ4v) is 1.15. The summed E-state index contributed by atoms with van der Waals surface area (Å²) in [6.45, 7) is 2.44. The fraction of sp³-hybridized carbons (Fsp3) is 0.385. The second-order valence-electron chi connectivity index (χ2n) is 3.69. The first kappa shape index (κ1) is 12.0. The molecule has 0 saturated heterocycles. The quantitative estimate of drug-likeness (QED) is 0.661. The summed E-state index contributed by atoms with van der Waals surface area (Å²) in [5.74, 6) is 0. The molecule has 2 nitrogen and oxygen atoms in total. The van der Waals surface area contributed by atoms with Gasteiger partial charge in [-0.1, -0.05) is 42.5 Å². The van der Waals surface area contributed by atoms with E-state index in [0.717, 1.165) is 13.2 Å². The van der Waals surface area contributed by atoms with E-state index in [-0.39, 0.29) is 0 Å². The lowest BCUT2D eigenvalue weighted by atomic mass is 10.2. The maximum absolute atomic E-state index is 5.44. The van der Waals surface area contributed by atoms with Crippen molar-refractivity contribution in [1.82, 2.24) is 4.90 Å². The molecule has 15 heavy (non-hydrogen) atoms. The highest BCUT2D eigenvalue weighted by Gasteiger charge is 1.88. The minimum Gasteiger partial charge on any atom is -0.376 e. The van der Waals surface area contributed by atoms with Gasteiger partial charge in [0.25, 0.3) is 0 Å². The molecule has 0 radical (unpaired) electrons. The number of likely N-dealkylation sites (N-methyl/N-ethyl adjacent to an activating group) is 1. The monoisotopic (exact) mass is 205 g/mol. The van der Waals surface area contributed by atoms with Crippen molar-refractivity contribution in [3.05, 3.63) is 42.0 Å². The van der Waals surface area contributed by atoms with Gasteiger partial charge in [0.1, 0.15) is 0 Å². The van der Waals surface area contributed by atoms with Crippen LogP contribution in [-0.4, -0.2) is 38.8 Å². The van der Waals surface area contributed by atoms with Crippen LogP contribution in [0.3, 0.4) is 0 Å². The van der Waals surface area contributed by atoms with Crippen LogP contribution in [0.15, 0.2) is 36.4 Å². The first-order chi connectivity index (χ1) is 7.29. The third kappa shape index (κ3) is 6.05. The number of rotatable bonds is 6. The molecule has 0 N–H and O–H groups in total. The summed E-state index contributed by atoms with van der Waals surface area (Å²) in [4.78, 5) is 2.11. The Balaban J connectivity index is 2.12. The maximum atomic E-state index is 5.44. The number of hydrogen-bond acceptors (Lipinski definition) is 2. The number of hydrogen-bond donors (Lipinski definition) is 0. The van der Waals surface area contributed by atoms with Gasteiger partial charge >= 0.3 is 0 Å². The van der Waals surface area contributed by atoms with E-state index in [1.54, 1.807) is 0 Å². The van der Waals surface area contributed by atoms with E-state index in [1.807, 2.05) is 38.4 Å². The lowest BCUT2D eigenvalue weighted by Gasteiger charge is -2.08. The number of ether oxygens (including phenoxy) is 1. The summed E-state index contributed by atoms with van der Waals surface area (Å²) < 4.78 is 5.44. The Morgan fingerprint density at radius 3 is 2.60 bits per heavy atom. The summed E-state index contributed by atoms with van der Waals surface area (Å²) >= 11 is 0. The van der Waals surface area contributed by atoms with Crippen LogP contribution in [0, 0.1) is 0 Å². The molecule has 2 heteroatoms. The van der Waals surface area contributed by atoms with E-state index in [9.17, 15) is 0 Å². The molecule has 1 aromatic carbocycles. The van der Waals surface area contributed by atoms with Crippen LogP contribution in [0.1, 0.15) is 5.56 Å². The van der Waals surface area contributed by atoms with Crippen LogP contribution in [-0.2, 0) is 4.74 Å². The van der Waals surface area contributed by atoms with Gasteiger partial charge in [-0.25, -0.2) is 0 Å². The SMILES string of the molecule is CN(C)CCOCC=Cc1ccccc1. The molecule has 0 unspecified atom stereocenters. The highest BCUT2D eigenvalue weighted by molar-refractivity contribution is 5.48. The average molecular weight is 205 g/mol. The lowest BCUT2D eigenvalue weighted by Crippen LogP contribution is -2.17. The van der Waals surface area contributed by atoms with Crippen molar-refractivity contribution in [3.63, 3.8) is 0 Å². The van der Waals surface area contributed by atoms with Gasteiger partial charge in [0.2, 0.25) is 0 Å². The van der Waals surface area contributed by atoms with Gasteiger partial charge in [0.05, 0.1) is 13.2 Å². The topological polar surface area (TPSA) is 12.5 Å². The first-order valence-electron chi connectivity index (χ1n) is 5.23. The second-order valence-corrected chi connectivity index (χ2v) is 3.69. The van der Waals surface area contributed by atoms with Crippen LogP contribution in [0.5, 0.6) is 0 Å².